The first-order valence-corrected chi connectivity index (χ1v) is 14.1. The smallest absolute Gasteiger partial charge is 0.256 e. The minimum atomic E-state index is -0.114. The first-order chi connectivity index (χ1) is 19.8. The number of anilines is 1. The zero-order valence-corrected chi connectivity index (χ0v) is 29.0. The Morgan fingerprint density at radius 3 is 1.59 bits per heavy atom. The summed E-state index contributed by atoms with van der Waals surface area (Å²) in [6, 6.07) is 40.3. The van der Waals surface area contributed by atoms with Crippen molar-refractivity contribution in [2.45, 2.75) is 34.6 Å². The fourth-order valence-corrected chi connectivity index (χ4v) is 5.41. The summed E-state index contributed by atoms with van der Waals surface area (Å²) in [5, 5.41) is 5.24. The maximum atomic E-state index is 13.5. The number of allylic oxidation sites excluding steroid dienone is 4. The number of hydrogen-bond donors (Lipinski definition) is 1. The maximum Gasteiger partial charge on any atom is 0.256 e. The molecule has 44 heavy (non-hydrogen) atoms. The molecule has 0 saturated heterocycles. The largest absolute Gasteiger partial charge is 0.321 e. The summed E-state index contributed by atoms with van der Waals surface area (Å²) in [5.74, 6) is -0.114. The van der Waals surface area contributed by atoms with E-state index >= 15 is 0 Å². The first kappa shape index (κ1) is 36.8. The van der Waals surface area contributed by atoms with Crippen molar-refractivity contribution in [2.24, 2.45) is 5.41 Å². The Bertz CT molecular complexity index is 1710. The van der Waals surface area contributed by atoms with Crippen molar-refractivity contribution in [2.75, 3.05) is 5.32 Å². The molecule has 2 nitrogen and oxygen atoms in total. The number of halogens is 2. The Kier molecular flexibility index (Phi) is 13.4. The standard InChI is InChI=1S/C29H21NO.C10H15.2ClH.Ti/c31-29(27-20-9-16-21-15-7-8-17-24(21)27)30-28-25(22-11-3-1-4-12-22)18-10-19-26(28)23-13-5-2-6-14-23;1-7-6-10(4,5)9(3)8(7)2;;;/h1-20H,(H,30,31);1-5H3;2*1H;/q;-1;;;. The summed E-state index contributed by atoms with van der Waals surface area (Å²) in [6.07, 6.45) is 3.44. The van der Waals surface area contributed by atoms with Crippen LogP contribution in [-0.2, 0) is 21.7 Å². The topological polar surface area (TPSA) is 29.1 Å². The molecule has 0 bridgehead atoms. The quantitative estimate of drug-likeness (QED) is 0.152. The monoisotopic (exact) mass is 654 g/mol. The van der Waals surface area contributed by atoms with Crippen LogP contribution < -0.4 is 5.32 Å². The normalized spacial score (nSPS) is 12.9. The number of carbonyl (C=O) groups is 1. The van der Waals surface area contributed by atoms with E-state index in [1.54, 1.807) is 0 Å². The van der Waals surface area contributed by atoms with Crippen LogP contribution in [0.25, 0.3) is 33.0 Å². The van der Waals surface area contributed by atoms with E-state index in [2.05, 4.69) is 82.4 Å². The molecule has 0 spiro atoms. The Morgan fingerprint density at radius 1 is 0.636 bits per heavy atom. The molecule has 0 aromatic heterocycles. The van der Waals surface area contributed by atoms with Crippen LogP contribution in [0.3, 0.4) is 0 Å². The van der Waals surface area contributed by atoms with Gasteiger partial charge in [0, 0.05) is 38.4 Å². The molecule has 6 rings (SSSR count). The second-order valence-corrected chi connectivity index (χ2v) is 11.1. The number of fused-ring (bicyclic) bond motifs is 1. The van der Waals surface area contributed by atoms with Crippen LogP contribution in [0.15, 0.2) is 138 Å². The molecular weight excluding hydrogens is 617 g/mol. The predicted octanol–water partition coefficient (Wildman–Crippen LogP) is 11.4. The van der Waals surface area contributed by atoms with Crippen molar-refractivity contribution in [3.05, 3.63) is 150 Å². The fourth-order valence-electron chi connectivity index (χ4n) is 5.41. The van der Waals surface area contributed by atoms with Gasteiger partial charge in [-0.2, -0.15) is 11.1 Å². The van der Waals surface area contributed by atoms with Gasteiger partial charge in [0.25, 0.3) is 5.91 Å². The van der Waals surface area contributed by atoms with Gasteiger partial charge in [0.2, 0.25) is 0 Å². The van der Waals surface area contributed by atoms with E-state index < -0.39 is 0 Å². The minimum absolute atomic E-state index is 0. The van der Waals surface area contributed by atoms with Crippen molar-refractivity contribution < 1.29 is 26.5 Å². The number of nitrogens with one attached hydrogen (secondary N) is 1. The predicted molar refractivity (Wildman–Crippen MR) is 188 cm³/mol. The second-order valence-electron chi connectivity index (χ2n) is 11.1. The number of para-hydroxylation sites is 1. The summed E-state index contributed by atoms with van der Waals surface area (Å²) < 4.78 is 0. The summed E-state index contributed by atoms with van der Waals surface area (Å²) in [5.41, 5.74) is 10.00. The number of benzene rings is 5. The molecule has 5 aromatic rings. The zero-order valence-electron chi connectivity index (χ0n) is 25.8. The molecule has 0 saturated carbocycles. The molecule has 1 aliphatic carbocycles. The van der Waals surface area contributed by atoms with Crippen LogP contribution in [0.2, 0.25) is 0 Å². The molecule has 0 radical (unpaired) electrons. The molecule has 0 unspecified atom stereocenters. The van der Waals surface area contributed by atoms with Gasteiger partial charge in [-0.1, -0.05) is 148 Å². The van der Waals surface area contributed by atoms with Crippen LogP contribution >= 0.6 is 24.8 Å². The van der Waals surface area contributed by atoms with E-state index in [9.17, 15) is 4.79 Å². The van der Waals surface area contributed by atoms with Crippen molar-refractivity contribution in [3.8, 4) is 22.3 Å². The van der Waals surface area contributed by atoms with Gasteiger partial charge >= 0.3 is 0 Å². The Balaban J connectivity index is 0.000000448. The van der Waals surface area contributed by atoms with Crippen LogP contribution in [0.5, 0.6) is 0 Å². The minimum Gasteiger partial charge on any atom is -0.321 e. The van der Waals surface area contributed by atoms with E-state index in [0.29, 0.717) is 5.56 Å². The zero-order chi connectivity index (χ0) is 29.0. The third-order valence-corrected chi connectivity index (χ3v) is 8.07. The third-order valence-electron chi connectivity index (χ3n) is 8.07. The van der Waals surface area contributed by atoms with Crippen LogP contribution in [0.4, 0.5) is 5.69 Å². The molecule has 1 amide bonds. The van der Waals surface area contributed by atoms with Crippen molar-refractivity contribution in [1.82, 2.24) is 0 Å². The number of amides is 1. The second kappa shape index (κ2) is 16.1. The average Bonchev–Trinajstić information content (AvgIpc) is 3.18. The Labute approximate surface area is 289 Å². The SMILES string of the molecule is CC1=[C-]C(C)(C)C(C)=C1C.Cl.Cl.O=C(Nc1c(-c2ccccc2)cccc1-c1ccccc1)c1cccc2ccccc12.[Ti]. The van der Waals surface area contributed by atoms with Crippen molar-refractivity contribution in [3.63, 3.8) is 0 Å². The van der Waals surface area contributed by atoms with Crippen LogP contribution in [0, 0.1) is 11.5 Å². The summed E-state index contributed by atoms with van der Waals surface area (Å²) in [6.45, 7) is 10.9. The van der Waals surface area contributed by atoms with E-state index in [1.807, 2.05) is 84.9 Å². The third kappa shape index (κ3) is 8.00. The van der Waals surface area contributed by atoms with Gasteiger partial charge in [0.1, 0.15) is 0 Å². The fraction of sp³-hybridized carbons (Fsp3) is 0.154. The van der Waals surface area contributed by atoms with Gasteiger partial charge in [0.05, 0.1) is 5.69 Å². The molecular formula is C39H38Cl2NOTi-. The summed E-state index contributed by atoms with van der Waals surface area (Å²) in [4.78, 5) is 13.5. The molecule has 0 atom stereocenters. The molecule has 224 valence electrons. The van der Waals surface area contributed by atoms with Gasteiger partial charge in [-0.3, -0.25) is 10.9 Å². The molecule has 0 aliphatic heterocycles. The van der Waals surface area contributed by atoms with E-state index in [1.165, 1.54) is 16.7 Å². The van der Waals surface area contributed by atoms with Gasteiger partial charge in [0.15, 0.2) is 0 Å². The molecule has 1 aliphatic rings. The van der Waals surface area contributed by atoms with Crippen molar-refractivity contribution >= 4 is 47.2 Å². The maximum absolute atomic E-state index is 13.5. The van der Waals surface area contributed by atoms with Crippen LogP contribution in [-0.4, -0.2) is 5.91 Å². The van der Waals surface area contributed by atoms with Gasteiger partial charge in [-0.05, 0) is 28.0 Å². The molecule has 1 N–H and O–H groups in total. The molecule has 0 fully saturated rings. The molecule has 0 heterocycles. The van der Waals surface area contributed by atoms with E-state index in [0.717, 1.165) is 38.7 Å². The van der Waals surface area contributed by atoms with Crippen LogP contribution in [0.1, 0.15) is 45.0 Å². The van der Waals surface area contributed by atoms with E-state index in [-0.39, 0.29) is 57.9 Å². The Morgan fingerprint density at radius 2 is 1.11 bits per heavy atom. The summed E-state index contributed by atoms with van der Waals surface area (Å²) in [7, 11) is 0. The van der Waals surface area contributed by atoms with Gasteiger partial charge in [-0.15, -0.1) is 31.7 Å². The summed E-state index contributed by atoms with van der Waals surface area (Å²) >= 11 is 0. The molecule has 5 heteroatoms. The average molecular weight is 656 g/mol. The van der Waals surface area contributed by atoms with Gasteiger partial charge in [-0.25, -0.2) is 5.57 Å². The number of rotatable bonds is 4. The molecule has 5 aromatic carbocycles. The van der Waals surface area contributed by atoms with E-state index in [4.69, 9.17) is 0 Å². The first-order valence-electron chi connectivity index (χ1n) is 14.1. The van der Waals surface area contributed by atoms with Gasteiger partial charge < -0.3 is 5.32 Å². The Hall–Kier alpha value is -3.40. The van der Waals surface area contributed by atoms with Crippen molar-refractivity contribution in [1.29, 1.82) is 0 Å². The number of hydrogen-bond acceptors (Lipinski definition) is 1. The number of carbonyl (C=O) groups excluding carboxylic acids is 1.